The lowest BCUT2D eigenvalue weighted by molar-refractivity contribution is 0.415. The van der Waals surface area contributed by atoms with Crippen molar-refractivity contribution in [2.24, 2.45) is 0 Å². The van der Waals surface area contributed by atoms with Crippen LogP contribution in [0.15, 0.2) is 72.8 Å². The first kappa shape index (κ1) is 14.9. The minimum Gasteiger partial charge on any atom is -0.497 e. The van der Waals surface area contributed by atoms with E-state index in [1.54, 1.807) is 7.11 Å². The van der Waals surface area contributed by atoms with Crippen molar-refractivity contribution >= 4 is 17.8 Å². The molecular formula is C21H19NO. The van der Waals surface area contributed by atoms with E-state index in [0.717, 1.165) is 28.1 Å². The number of methoxy groups -OCH3 is 1. The number of hydrogen-bond donors (Lipinski definition) is 1. The molecule has 0 atom stereocenters. The number of hydrogen-bond acceptors (Lipinski definition) is 2. The first-order valence-electron chi connectivity index (χ1n) is 7.53. The quantitative estimate of drug-likeness (QED) is 0.536. The van der Waals surface area contributed by atoms with Crippen LogP contribution in [-0.4, -0.2) is 7.11 Å². The second kappa shape index (κ2) is 6.84. The van der Waals surface area contributed by atoms with Gasteiger partial charge in [0.05, 0.1) is 7.11 Å². The Morgan fingerprint density at radius 2 is 1.35 bits per heavy atom. The fourth-order valence-electron chi connectivity index (χ4n) is 2.39. The van der Waals surface area contributed by atoms with Crippen molar-refractivity contribution in [2.45, 2.75) is 0 Å². The van der Waals surface area contributed by atoms with Gasteiger partial charge in [0.1, 0.15) is 5.75 Å². The van der Waals surface area contributed by atoms with E-state index in [9.17, 15) is 0 Å². The van der Waals surface area contributed by atoms with Crippen LogP contribution in [0.5, 0.6) is 5.75 Å². The van der Waals surface area contributed by atoms with Crippen molar-refractivity contribution < 1.29 is 4.74 Å². The number of anilines is 1. The summed E-state index contributed by atoms with van der Waals surface area (Å²) in [6.07, 6.45) is 4.18. The van der Waals surface area contributed by atoms with E-state index in [4.69, 9.17) is 10.5 Å². The summed E-state index contributed by atoms with van der Waals surface area (Å²) in [6.45, 7) is 0. The normalized spacial score (nSPS) is 10.8. The summed E-state index contributed by atoms with van der Waals surface area (Å²) in [5, 5.41) is 0. The van der Waals surface area contributed by atoms with Gasteiger partial charge in [-0.15, -0.1) is 0 Å². The summed E-state index contributed by atoms with van der Waals surface area (Å²) in [6, 6.07) is 24.4. The highest BCUT2D eigenvalue weighted by Gasteiger charge is 1.99. The second-order valence-corrected chi connectivity index (χ2v) is 5.35. The number of nitrogens with two attached hydrogens (primary N) is 1. The van der Waals surface area contributed by atoms with Crippen LogP contribution in [0, 0.1) is 0 Å². The number of ether oxygens (including phenoxy) is 1. The van der Waals surface area contributed by atoms with E-state index in [0.29, 0.717) is 0 Å². The third kappa shape index (κ3) is 3.80. The van der Waals surface area contributed by atoms with Gasteiger partial charge < -0.3 is 10.5 Å². The summed E-state index contributed by atoms with van der Waals surface area (Å²) in [5.41, 5.74) is 11.1. The Hall–Kier alpha value is -3.00. The van der Waals surface area contributed by atoms with Gasteiger partial charge in [-0.2, -0.15) is 0 Å². The molecule has 0 aliphatic carbocycles. The maximum atomic E-state index is 5.69. The maximum Gasteiger partial charge on any atom is 0.119 e. The summed E-state index contributed by atoms with van der Waals surface area (Å²) in [5.74, 6) is 0.870. The highest BCUT2D eigenvalue weighted by molar-refractivity contribution is 5.72. The topological polar surface area (TPSA) is 35.2 Å². The van der Waals surface area contributed by atoms with Crippen molar-refractivity contribution in [1.29, 1.82) is 0 Å². The Bertz CT molecular complexity index is 802. The molecule has 0 aromatic heterocycles. The molecule has 3 rings (SSSR count). The summed E-state index contributed by atoms with van der Waals surface area (Å²) in [7, 11) is 1.68. The fraction of sp³-hybridized carbons (Fsp3) is 0.0476. The van der Waals surface area contributed by atoms with Gasteiger partial charge in [-0.25, -0.2) is 0 Å². The Morgan fingerprint density at radius 1 is 0.739 bits per heavy atom. The molecule has 0 amide bonds. The van der Waals surface area contributed by atoms with Crippen LogP contribution in [-0.2, 0) is 0 Å². The summed E-state index contributed by atoms with van der Waals surface area (Å²) < 4.78 is 5.28. The van der Waals surface area contributed by atoms with Gasteiger partial charge in [-0.05, 0) is 46.5 Å². The maximum absolute atomic E-state index is 5.69. The van der Waals surface area contributed by atoms with Crippen LogP contribution >= 0.6 is 0 Å². The third-order valence-corrected chi connectivity index (χ3v) is 3.72. The van der Waals surface area contributed by atoms with Crippen LogP contribution in [0.1, 0.15) is 11.1 Å². The second-order valence-electron chi connectivity index (χ2n) is 5.35. The monoisotopic (exact) mass is 301 g/mol. The Morgan fingerprint density at radius 3 is 1.96 bits per heavy atom. The smallest absolute Gasteiger partial charge is 0.119 e. The lowest BCUT2D eigenvalue weighted by Crippen LogP contribution is -1.84. The SMILES string of the molecule is COc1cccc(-c2ccc(C=Cc3ccc(N)cc3)cc2)c1. The highest BCUT2D eigenvalue weighted by atomic mass is 16.5. The van der Waals surface area contributed by atoms with Crippen molar-refractivity contribution in [2.75, 3.05) is 12.8 Å². The van der Waals surface area contributed by atoms with Gasteiger partial charge in [0.2, 0.25) is 0 Å². The molecule has 0 unspecified atom stereocenters. The molecule has 0 radical (unpaired) electrons. The van der Waals surface area contributed by atoms with Crippen LogP contribution in [0.4, 0.5) is 5.69 Å². The number of benzene rings is 3. The molecule has 0 aliphatic heterocycles. The molecule has 0 bridgehead atoms. The van der Waals surface area contributed by atoms with Gasteiger partial charge in [-0.3, -0.25) is 0 Å². The van der Waals surface area contributed by atoms with E-state index in [-0.39, 0.29) is 0 Å². The number of rotatable bonds is 4. The summed E-state index contributed by atoms with van der Waals surface area (Å²) >= 11 is 0. The molecule has 2 heteroatoms. The molecule has 0 spiro atoms. The van der Waals surface area contributed by atoms with Gasteiger partial charge in [0.15, 0.2) is 0 Å². The van der Waals surface area contributed by atoms with Crippen LogP contribution in [0.2, 0.25) is 0 Å². The van der Waals surface area contributed by atoms with Crippen LogP contribution in [0.3, 0.4) is 0 Å². The molecular weight excluding hydrogens is 282 g/mol. The molecule has 2 N–H and O–H groups in total. The van der Waals surface area contributed by atoms with Crippen LogP contribution < -0.4 is 10.5 Å². The van der Waals surface area contributed by atoms with Crippen molar-refractivity contribution in [3.05, 3.63) is 83.9 Å². The predicted molar refractivity (Wildman–Crippen MR) is 98.2 cm³/mol. The minimum absolute atomic E-state index is 0.782. The van der Waals surface area contributed by atoms with E-state index in [2.05, 4.69) is 42.5 Å². The zero-order chi connectivity index (χ0) is 16.1. The molecule has 0 aliphatic rings. The van der Waals surface area contributed by atoms with Gasteiger partial charge in [-0.1, -0.05) is 60.7 Å². The van der Waals surface area contributed by atoms with Crippen LogP contribution in [0.25, 0.3) is 23.3 Å². The molecule has 3 aromatic rings. The zero-order valence-electron chi connectivity index (χ0n) is 13.1. The molecule has 0 heterocycles. The Kier molecular flexibility index (Phi) is 4.44. The van der Waals surface area contributed by atoms with E-state index in [1.165, 1.54) is 5.56 Å². The van der Waals surface area contributed by atoms with Gasteiger partial charge >= 0.3 is 0 Å². The van der Waals surface area contributed by atoms with E-state index in [1.807, 2.05) is 42.5 Å². The largest absolute Gasteiger partial charge is 0.497 e. The molecule has 3 aromatic carbocycles. The Labute approximate surface area is 136 Å². The first-order chi connectivity index (χ1) is 11.2. The van der Waals surface area contributed by atoms with E-state index >= 15 is 0 Å². The molecule has 0 fully saturated rings. The zero-order valence-corrected chi connectivity index (χ0v) is 13.1. The standard InChI is InChI=1S/C21H19NO/c1-23-21-4-2-3-19(15-21)18-11-7-16(8-12-18)5-6-17-9-13-20(22)14-10-17/h2-15H,22H2,1H3. The summed E-state index contributed by atoms with van der Waals surface area (Å²) in [4.78, 5) is 0. The number of nitrogen functional groups attached to an aromatic ring is 1. The predicted octanol–water partition coefficient (Wildman–Crippen LogP) is 5.11. The average Bonchev–Trinajstić information content (AvgIpc) is 2.62. The molecule has 0 saturated carbocycles. The highest BCUT2D eigenvalue weighted by Crippen LogP contribution is 2.24. The lowest BCUT2D eigenvalue weighted by Gasteiger charge is -2.05. The first-order valence-corrected chi connectivity index (χ1v) is 7.53. The van der Waals surface area contributed by atoms with E-state index < -0.39 is 0 Å². The van der Waals surface area contributed by atoms with Crippen molar-refractivity contribution in [1.82, 2.24) is 0 Å². The molecule has 2 nitrogen and oxygen atoms in total. The minimum atomic E-state index is 0.782. The molecule has 0 saturated heterocycles. The van der Waals surface area contributed by atoms with Gasteiger partial charge in [0, 0.05) is 5.69 Å². The average molecular weight is 301 g/mol. The van der Waals surface area contributed by atoms with Crippen molar-refractivity contribution in [3.8, 4) is 16.9 Å². The molecule has 114 valence electrons. The lowest BCUT2D eigenvalue weighted by atomic mass is 10.0. The Balaban J connectivity index is 1.77. The third-order valence-electron chi connectivity index (χ3n) is 3.72. The fourth-order valence-corrected chi connectivity index (χ4v) is 2.39. The van der Waals surface area contributed by atoms with Crippen molar-refractivity contribution in [3.63, 3.8) is 0 Å². The van der Waals surface area contributed by atoms with Gasteiger partial charge in [0.25, 0.3) is 0 Å². The molecule has 23 heavy (non-hydrogen) atoms.